The first-order valence-electron chi connectivity index (χ1n) is 10.1. The number of benzene rings is 1. The van der Waals surface area contributed by atoms with Crippen molar-refractivity contribution >= 4 is 11.8 Å². The highest BCUT2D eigenvalue weighted by molar-refractivity contribution is 5.83. The molecule has 1 N–H and O–H groups in total. The Bertz CT molecular complexity index is 602. The second kappa shape index (κ2) is 10.4. The lowest BCUT2D eigenvalue weighted by atomic mass is 9.96. The van der Waals surface area contributed by atoms with E-state index in [9.17, 15) is 9.59 Å². The number of nitrogens with one attached hydrogen (secondary N) is 1. The molecule has 2 aliphatic heterocycles. The molecule has 2 amide bonds. The minimum atomic E-state index is -0.0795. The Morgan fingerprint density at radius 3 is 2.70 bits per heavy atom. The topological polar surface area (TPSA) is 61.9 Å². The van der Waals surface area contributed by atoms with Gasteiger partial charge >= 0.3 is 0 Å². The number of piperidine rings is 1. The Morgan fingerprint density at radius 2 is 1.93 bits per heavy atom. The number of rotatable bonds is 8. The molecule has 0 unspecified atom stereocenters. The number of likely N-dealkylation sites (tertiary alicyclic amines) is 1. The first-order chi connectivity index (χ1) is 13.2. The van der Waals surface area contributed by atoms with Crippen LogP contribution in [0, 0.1) is 5.92 Å². The van der Waals surface area contributed by atoms with Crippen LogP contribution in [0.5, 0.6) is 0 Å². The lowest BCUT2D eigenvalue weighted by molar-refractivity contribution is -0.138. The SMILES string of the molecule is O=C(NCCN1CCOCC1)[C@H]1CCC(=O)N(CCCc2ccccc2)C1. The summed E-state index contributed by atoms with van der Waals surface area (Å²) in [6.45, 7) is 6.22. The van der Waals surface area contributed by atoms with E-state index in [1.54, 1.807) is 0 Å². The van der Waals surface area contributed by atoms with Gasteiger partial charge in [0.1, 0.15) is 0 Å². The summed E-state index contributed by atoms with van der Waals surface area (Å²) in [4.78, 5) is 28.9. The molecule has 2 heterocycles. The number of morpholine rings is 1. The van der Waals surface area contributed by atoms with Gasteiger partial charge in [0.05, 0.1) is 19.1 Å². The molecule has 27 heavy (non-hydrogen) atoms. The predicted molar refractivity (Wildman–Crippen MR) is 104 cm³/mol. The van der Waals surface area contributed by atoms with E-state index in [4.69, 9.17) is 4.74 Å². The molecule has 2 saturated heterocycles. The Kier molecular flexibility index (Phi) is 7.66. The highest BCUT2D eigenvalue weighted by Gasteiger charge is 2.29. The number of carbonyl (C=O) groups is 2. The fraction of sp³-hybridized carbons (Fsp3) is 0.619. The minimum absolute atomic E-state index is 0.0795. The van der Waals surface area contributed by atoms with Gasteiger partial charge in [0.2, 0.25) is 11.8 Å². The molecule has 0 radical (unpaired) electrons. The molecule has 2 fully saturated rings. The molecule has 148 valence electrons. The molecule has 0 spiro atoms. The second-order valence-electron chi connectivity index (χ2n) is 7.41. The van der Waals surface area contributed by atoms with Crippen LogP contribution in [0.4, 0.5) is 0 Å². The van der Waals surface area contributed by atoms with E-state index in [-0.39, 0.29) is 17.7 Å². The molecule has 1 aromatic rings. The zero-order valence-electron chi connectivity index (χ0n) is 16.1. The minimum Gasteiger partial charge on any atom is -0.379 e. The van der Waals surface area contributed by atoms with Gasteiger partial charge in [-0.25, -0.2) is 0 Å². The maximum absolute atomic E-state index is 12.5. The Balaban J connectivity index is 1.37. The summed E-state index contributed by atoms with van der Waals surface area (Å²) < 4.78 is 5.34. The number of carbonyl (C=O) groups excluding carboxylic acids is 2. The van der Waals surface area contributed by atoms with Crippen molar-refractivity contribution in [2.24, 2.45) is 5.92 Å². The average Bonchev–Trinajstić information content (AvgIpc) is 2.71. The van der Waals surface area contributed by atoms with Crippen LogP contribution >= 0.6 is 0 Å². The first-order valence-corrected chi connectivity index (χ1v) is 10.1. The third kappa shape index (κ3) is 6.33. The largest absolute Gasteiger partial charge is 0.379 e. The number of aryl methyl sites for hydroxylation is 1. The lowest BCUT2D eigenvalue weighted by Gasteiger charge is -2.32. The Labute approximate surface area is 161 Å². The van der Waals surface area contributed by atoms with Crippen molar-refractivity contribution in [1.82, 2.24) is 15.1 Å². The van der Waals surface area contributed by atoms with E-state index in [0.717, 1.165) is 52.2 Å². The molecule has 6 nitrogen and oxygen atoms in total. The first kappa shape index (κ1) is 19.8. The van der Waals surface area contributed by atoms with Crippen LogP contribution in [0.25, 0.3) is 0 Å². The fourth-order valence-electron chi connectivity index (χ4n) is 3.77. The van der Waals surface area contributed by atoms with Gasteiger partial charge in [0, 0.05) is 45.7 Å². The van der Waals surface area contributed by atoms with Gasteiger partial charge in [-0.3, -0.25) is 14.5 Å². The van der Waals surface area contributed by atoms with Gasteiger partial charge in [-0.05, 0) is 24.8 Å². The molecular weight excluding hydrogens is 342 g/mol. The summed E-state index contributed by atoms with van der Waals surface area (Å²) in [6.07, 6.45) is 3.03. The molecular formula is C21H31N3O3. The molecule has 2 aliphatic rings. The van der Waals surface area contributed by atoms with E-state index in [2.05, 4.69) is 22.3 Å². The van der Waals surface area contributed by atoms with Crippen molar-refractivity contribution in [2.45, 2.75) is 25.7 Å². The van der Waals surface area contributed by atoms with Gasteiger partial charge in [-0.15, -0.1) is 0 Å². The number of hydrogen-bond acceptors (Lipinski definition) is 4. The van der Waals surface area contributed by atoms with Crippen molar-refractivity contribution in [3.8, 4) is 0 Å². The van der Waals surface area contributed by atoms with Crippen molar-refractivity contribution in [3.05, 3.63) is 35.9 Å². The molecule has 0 aliphatic carbocycles. The summed E-state index contributed by atoms with van der Waals surface area (Å²) in [5, 5.41) is 3.06. The van der Waals surface area contributed by atoms with E-state index in [1.165, 1.54) is 5.56 Å². The van der Waals surface area contributed by atoms with Crippen LogP contribution in [-0.4, -0.2) is 74.1 Å². The molecule has 6 heteroatoms. The third-order valence-electron chi connectivity index (χ3n) is 5.44. The van der Waals surface area contributed by atoms with Crippen molar-refractivity contribution in [1.29, 1.82) is 0 Å². The number of ether oxygens (including phenoxy) is 1. The van der Waals surface area contributed by atoms with E-state index < -0.39 is 0 Å². The highest BCUT2D eigenvalue weighted by Crippen LogP contribution is 2.18. The lowest BCUT2D eigenvalue weighted by Crippen LogP contribution is -2.47. The standard InChI is InChI=1S/C21H31N3O3/c25-20-9-8-19(21(26)22-10-12-23-13-15-27-16-14-23)17-24(20)11-4-7-18-5-2-1-3-6-18/h1-3,5-6,19H,4,7-17H2,(H,22,26)/t19-/m0/s1. The zero-order chi connectivity index (χ0) is 18.9. The average molecular weight is 373 g/mol. The summed E-state index contributed by atoms with van der Waals surface area (Å²) in [7, 11) is 0. The van der Waals surface area contributed by atoms with Crippen LogP contribution in [0.2, 0.25) is 0 Å². The third-order valence-corrected chi connectivity index (χ3v) is 5.44. The highest BCUT2D eigenvalue weighted by atomic mass is 16.5. The second-order valence-corrected chi connectivity index (χ2v) is 7.41. The van der Waals surface area contributed by atoms with E-state index >= 15 is 0 Å². The van der Waals surface area contributed by atoms with Crippen molar-refractivity contribution in [2.75, 3.05) is 52.5 Å². The predicted octanol–water partition coefficient (Wildman–Crippen LogP) is 1.31. The quantitative estimate of drug-likeness (QED) is 0.746. The fourth-order valence-corrected chi connectivity index (χ4v) is 3.77. The van der Waals surface area contributed by atoms with Crippen LogP contribution in [-0.2, 0) is 20.7 Å². The molecule has 0 aromatic heterocycles. The van der Waals surface area contributed by atoms with Crippen molar-refractivity contribution < 1.29 is 14.3 Å². The van der Waals surface area contributed by atoms with Crippen LogP contribution < -0.4 is 5.32 Å². The van der Waals surface area contributed by atoms with Gasteiger partial charge in [0.25, 0.3) is 0 Å². The van der Waals surface area contributed by atoms with Crippen LogP contribution in [0.3, 0.4) is 0 Å². The van der Waals surface area contributed by atoms with Crippen molar-refractivity contribution in [3.63, 3.8) is 0 Å². The van der Waals surface area contributed by atoms with Gasteiger partial charge < -0.3 is 15.0 Å². The summed E-state index contributed by atoms with van der Waals surface area (Å²) in [5.41, 5.74) is 1.29. The number of amides is 2. The molecule has 1 aromatic carbocycles. The summed E-state index contributed by atoms with van der Waals surface area (Å²) in [6, 6.07) is 10.3. The maximum Gasteiger partial charge on any atom is 0.224 e. The van der Waals surface area contributed by atoms with E-state index in [0.29, 0.717) is 25.9 Å². The maximum atomic E-state index is 12.5. The molecule has 0 saturated carbocycles. The molecule has 0 bridgehead atoms. The van der Waals surface area contributed by atoms with E-state index in [1.807, 2.05) is 23.1 Å². The van der Waals surface area contributed by atoms with Crippen LogP contribution in [0.1, 0.15) is 24.8 Å². The Hall–Kier alpha value is -1.92. The van der Waals surface area contributed by atoms with Crippen LogP contribution in [0.15, 0.2) is 30.3 Å². The Morgan fingerprint density at radius 1 is 1.15 bits per heavy atom. The van der Waals surface area contributed by atoms with Gasteiger partial charge in [-0.1, -0.05) is 30.3 Å². The monoisotopic (exact) mass is 373 g/mol. The zero-order valence-corrected chi connectivity index (χ0v) is 16.1. The smallest absolute Gasteiger partial charge is 0.224 e. The molecule has 3 rings (SSSR count). The van der Waals surface area contributed by atoms with Gasteiger partial charge in [0.15, 0.2) is 0 Å². The van der Waals surface area contributed by atoms with Gasteiger partial charge in [-0.2, -0.15) is 0 Å². The summed E-state index contributed by atoms with van der Waals surface area (Å²) >= 11 is 0. The number of hydrogen-bond donors (Lipinski definition) is 1. The number of nitrogens with zero attached hydrogens (tertiary/aromatic N) is 2. The molecule has 1 atom stereocenters. The summed E-state index contributed by atoms with van der Waals surface area (Å²) in [5.74, 6) is 0.188. The normalized spacial score (nSPS) is 21.3.